The van der Waals surface area contributed by atoms with Crippen molar-refractivity contribution in [1.82, 2.24) is 10.3 Å². The van der Waals surface area contributed by atoms with Gasteiger partial charge in [0.05, 0.1) is 5.92 Å². The van der Waals surface area contributed by atoms with Gasteiger partial charge in [-0.25, -0.2) is 0 Å². The molecule has 1 aliphatic rings. The lowest BCUT2D eigenvalue weighted by molar-refractivity contribution is -0.142. The molecule has 1 aliphatic carbocycles. The van der Waals surface area contributed by atoms with Crippen molar-refractivity contribution >= 4 is 11.9 Å². The lowest BCUT2D eigenvalue weighted by atomic mass is 9.94. The van der Waals surface area contributed by atoms with Gasteiger partial charge >= 0.3 is 5.97 Å². The summed E-state index contributed by atoms with van der Waals surface area (Å²) in [6, 6.07) is 3.30. The molecule has 2 unspecified atom stereocenters. The van der Waals surface area contributed by atoms with E-state index in [1.54, 1.807) is 12.3 Å². The van der Waals surface area contributed by atoms with E-state index in [9.17, 15) is 14.7 Å². The smallest absolute Gasteiger partial charge is 0.308 e. The summed E-state index contributed by atoms with van der Waals surface area (Å²) in [5.74, 6) is -1.60. The summed E-state index contributed by atoms with van der Waals surface area (Å²) in [5, 5.41) is 12.2. The molecule has 2 atom stereocenters. The Morgan fingerprint density at radius 3 is 2.75 bits per heavy atom. The van der Waals surface area contributed by atoms with Crippen LogP contribution >= 0.6 is 0 Å². The molecular weight excluding hydrogens is 256 g/mol. The first kappa shape index (κ1) is 14.5. The number of aryl methyl sites for hydroxylation is 1. The van der Waals surface area contributed by atoms with Crippen LogP contribution in [0.5, 0.6) is 0 Å². The summed E-state index contributed by atoms with van der Waals surface area (Å²) in [7, 11) is 0. The number of aromatic nitrogens is 1. The van der Waals surface area contributed by atoms with Gasteiger partial charge in [-0.1, -0.05) is 25.3 Å². The average molecular weight is 276 g/mol. The Morgan fingerprint density at radius 1 is 1.30 bits per heavy atom. The van der Waals surface area contributed by atoms with Crippen LogP contribution in [0.2, 0.25) is 0 Å². The number of amides is 1. The Hall–Kier alpha value is -1.91. The largest absolute Gasteiger partial charge is 0.481 e. The molecule has 5 heteroatoms. The second-order valence-electron chi connectivity index (χ2n) is 5.33. The zero-order valence-corrected chi connectivity index (χ0v) is 11.6. The molecule has 20 heavy (non-hydrogen) atoms. The number of hydrogen-bond acceptors (Lipinski definition) is 3. The van der Waals surface area contributed by atoms with Gasteiger partial charge in [0.25, 0.3) is 5.91 Å². The highest BCUT2D eigenvalue weighted by atomic mass is 16.4. The van der Waals surface area contributed by atoms with Gasteiger partial charge in [-0.2, -0.15) is 0 Å². The van der Waals surface area contributed by atoms with E-state index in [-0.39, 0.29) is 11.9 Å². The summed E-state index contributed by atoms with van der Waals surface area (Å²) in [5.41, 5.74) is 1.17. The highest BCUT2D eigenvalue weighted by molar-refractivity contribution is 5.94. The maximum atomic E-state index is 12.2. The predicted molar refractivity (Wildman–Crippen MR) is 74.4 cm³/mol. The SMILES string of the molecule is Cc1cccnc1C(=O)NC1CCCCCC1C(=O)O. The maximum absolute atomic E-state index is 12.2. The van der Waals surface area contributed by atoms with Gasteiger partial charge in [-0.3, -0.25) is 14.6 Å². The molecule has 1 aromatic heterocycles. The van der Waals surface area contributed by atoms with E-state index >= 15 is 0 Å². The first-order valence-electron chi connectivity index (χ1n) is 7.05. The molecular formula is C15H20N2O3. The average Bonchev–Trinajstić information content (AvgIpc) is 2.64. The van der Waals surface area contributed by atoms with Gasteiger partial charge in [-0.05, 0) is 31.4 Å². The van der Waals surface area contributed by atoms with Crippen LogP contribution in [0.25, 0.3) is 0 Å². The minimum Gasteiger partial charge on any atom is -0.481 e. The summed E-state index contributed by atoms with van der Waals surface area (Å²) in [6.45, 7) is 1.82. The van der Waals surface area contributed by atoms with Crippen molar-refractivity contribution in [3.05, 3.63) is 29.6 Å². The van der Waals surface area contributed by atoms with Crippen LogP contribution in [0.1, 0.15) is 48.2 Å². The molecule has 0 aliphatic heterocycles. The molecule has 1 heterocycles. The topological polar surface area (TPSA) is 79.3 Å². The number of carbonyl (C=O) groups excluding carboxylic acids is 1. The molecule has 1 aromatic rings. The molecule has 1 saturated carbocycles. The summed E-state index contributed by atoms with van der Waals surface area (Å²) < 4.78 is 0. The van der Waals surface area contributed by atoms with Gasteiger partial charge in [0.2, 0.25) is 0 Å². The van der Waals surface area contributed by atoms with Crippen molar-refractivity contribution in [2.45, 2.75) is 45.1 Å². The van der Waals surface area contributed by atoms with Crippen LogP contribution in [0.3, 0.4) is 0 Å². The van der Waals surface area contributed by atoms with Crippen molar-refractivity contribution in [1.29, 1.82) is 0 Å². The Balaban J connectivity index is 2.12. The third-order valence-corrected chi connectivity index (χ3v) is 3.87. The fourth-order valence-electron chi connectivity index (χ4n) is 2.74. The zero-order chi connectivity index (χ0) is 14.5. The summed E-state index contributed by atoms with van der Waals surface area (Å²) in [6.07, 6.45) is 5.81. The highest BCUT2D eigenvalue weighted by Gasteiger charge is 2.31. The number of nitrogens with zero attached hydrogens (tertiary/aromatic N) is 1. The van der Waals surface area contributed by atoms with E-state index in [4.69, 9.17) is 0 Å². The number of carbonyl (C=O) groups is 2. The lowest BCUT2D eigenvalue weighted by Crippen LogP contribution is -2.43. The van der Waals surface area contributed by atoms with Crippen molar-refractivity contribution in [2.75, 3.05) is 0 Å². The first-order valence-corrected chi connectivity index (χ1v) is 7.05. The molecule has 2 rings (SSSR count). The van der Waals surface area contributed by atoms with Gasteiger partial charge < -0.3 is 10.4 Å². The Labute approximate surface area is 118 Å². The summed E-state index contributed by atoms with van der Waals surface area (Å²) >= 11 is 0. The zero-order valence-electron chi connectivity index (χ0n) is 11.6. The van der Waals surface area contributed by atoms with Crippen LogP contribution in [-0.4, -0.2) is 28.0 Å². The molecule has 2 N–H and O–H groups in total. The maximum Gasteiger partial charge on any atom is 0.308 e. The van der Waals surface area contributed by atoms with E-state index in [1.807, 2.05) is 13.0 Å². The molecule has 0 bridgehead atoms. The molecule has 1 amide bonds. The Kier molecular flexibility index (Phi) is 4.71. The quantitative estimate of drug-likeness (QED) is 0.829. The van der Waals surface area contributed by atoms with Gasteiger partial charge in [0, 0.05) is 12.2 Å². The van der Waals surface area contributed by atoms with E-state index in [1.165, 1.54) is 0 Å². The van der Waals surface area contributed by atoms with E-state index < -0.39 is 11.9 Å². The number of carboxylic acids is 1. The van der Waals surface area contributed by atoms with E-state index in [0.29, 0.717) is 18.5 Å². The Morgan fingerprint density at radius 2 is 2.05 bits per heavy atom. The van der Waals surface area contributed by atoms with Crippen LogP contribution in [0.15, 0.2) is 18.3 Å². The fraction of sp³-hybridized carbons (Fsp3) is 0.533. The first-order chi connectivity index (χ1) is 9.59. The normalized spacial score (nSPS) is 22.9. The number of pyridine rings is 1. The van der Waals surface area contributed by atoms with Crippen molar-refractivity contribution in [3.8, 4) is 0 Å². The van der Waals surface area contributed by atoms with Crippen molar-refractivity contribution < 1.29 is 14.7 Å². The number of aliphatic carboxylic acids is 1. The number of rotatable bonds is 3. The number of nitrogens with one attached hydrogen (secondary N) is 1. The second kappa shape index (κ2) is 6.50. The minimum atomic E-state index is -0.824. The van der Waals surface area contributed by atoms with Gasteiger partial charge in [0.15, 0.2) is 0 Å². The summed E-state index contributed by atoms with van der Waals surface area (Å²) in [4.78, 5) is 27.7. The van der Waals surface area contributed by atoms with Crippen LogP contribution in [-0.2, 0) is 4.79 Å². The molecule has 5 nitrogen and oxygen atoms in total. The van der Waals surface area contributed by atoms with Gasteiger partial charge in [0.1, 0.15) is 5.69 Å². The molecule has 0 spiro atoms. The fourth-order valence-corrected chi connectivity index (χ4v) is 2.74. The molecule has 0 aromatic carbocycles. The van der Waals surface area contributed by atoms with Gasteiger partial charge in [-0.15, -0.1) is 0 Å². The Bertz CT molecular complexity index is 502. The third kappa shape index (κ3) is 3.35. The number of hydrogen-bond donors (Lipinski definition) is 2. The monoisotopic (exact) mass is 276 g/mol. The highest BCUT2D eigenvalue weighted by Crippen LogP contribution is 2.24. The third-order valence-electron chi connectivity index (χ3n) is 3.87. The van der Waals surface area contributed by atoms with E-state index in [0.717, 1.165) is 24.8 Å². The predicted octanol–water partition coefficient (Wildman–Crippen LogP) is 2.15. The molecule has 108 valence electrons. The van der Waals surface area contributed by atoms with Crippen LogP contribution in [0, 0.1) is 12.8 Å². The second-order valence-corrected chi connectivity index (χ2v) is 5.33. The molecule has 0 saturated heterocycles. The van der Waals surface area contributed by atoms with Crippen LogP contribution in [0.4, 0.5) is 0 Å². The molecule has 0 radical (unpaired) electrons. The van der Waals surface area contributed by atoms with Crippen LogP contribution < -0.4 is 5.32 Å². The number of carboxylic acid groups (broad SMARTS) is 1. The van der Waals surface area contributed by atoms with Crippen molar-refractivity contribution in [3.63, 3.8) is 0 Å². The van der Waals surface area contributed by atoms with Crippen molar-refractivity contribution in [2.24, 2.45) is 5.92 Å². The van der Waals surface area contributed by atoms with E-state index in [2.05, 4.69) is 10.3 Å². The lowest BCUT2D eigenvalue weighted by Gasteiger charge is -2.22. The standard InChI is InChI=1S/C15H20N2O3/c1-10-6-5-9-16-13(10)14(18)17-12-8-4-2-3-7-11(12)15(19)20/h5-6,9,11-12H,2-4,7-8H2,1H3,(H,17,18)(H,19,20). The molecule has 1 fully saturated rings. The minimum absolute atomic E-state index is 0.277.